The molecule has 3 atom stereocenters. The van der Waals surface area contributed by atoms with Crippen LogP contribution in [0.2, 0.25) is 0 Å². The summed E-state index contributed by atoms with van der Waals surface area (Å²) in [6.45, 7) is 3.80. The van der Waals surface area contributed by atoms with Crippen LogP contribution in [-0.2, 0) is 19.1 Å². The van der Waals surface area contributed by atoms with Crippen molar-refractivity contribution in [3.8, 4) is 0 Å². The number of nitrogens with two attached hydrogens (primary N) is 1. The van der Waals surface area contributed by atoms with E-state index in [2.05, 4.69) is 0 Å². The summed E-state index contributed by atoms with van der Waals surface area (Å²) in [5, 5.41) is 10.7. The highest BCUT2D eigenvalue weighted by molar-refractivity contribution is 8.03. The Morgan fingerprint density at radius 3 is 2.52 bits per heavy atom. The number of esters is 1. The number of carboxylic acid groups (broad SMARTS) is 1. The summed E-state index contributed by atoms with van der Waals surface area (Å²) in [5.74, 6) is 0.0612. The molecule has 0 amide bonds. The number of hydrogen-bond donors (Lipinski definition) is 2. The molecule has 1 aliphatic carbocycles. The first-order valence-corrected chi connectivity index (χ1v) is 12.7. The van der Waals surface area contributed by atoms with Crippen LogP contribution in [0.25, 0.3) is 0 Å². The highest BCUT2D eigenvalue weighted by atomic mass is 32.2. The van der Waals surface area contributed by atoms with Crippen molar-refractivity contribution >= 4 is 41.2 Å². The number of carbonyl (C=O) groups excluding carboxylic acids is 2. The van der Waals surface area contributed by atoms with Crippen LogP contribution in [0.1, 0.15) is 52.4 Å². The van der Waals surface area contributed by atoms with E-state index in [1.807, 2.05) is 11.8 Å². The number of ketones is 1. The van der Waals surface area contributed by atoms with Crippen LogP contribution in [-0.4, -0.2) is 81.0 Å². The van der Waals surface area contributed by atoms with Gasteiger partial charge in [-0.2, -0.15) is 23.5 Å². The normalized spacial score (nSPS) is 25.1. The minimum absolute atomic E-state index is 0.167. The Balaban J connectivity index is 2.07. The lowest BCUT2D eigenvalue weighted by Crippen LogP contribution is -2.65. The number of thioether (sulfide) groups is 2. The van der Waals surface area contributed by atoms with Gasteiger partial charge >= 0.3 is 11.9 Å². The fourth-order valence-corrected chi connectivity index (χ4v) is 6.85. The van der Waals surface area contributed by atoms with Gasteiger partial charge in [0.15, 0.2) is 11.3 Å². The third-order valence-corrected chi connectivity index (χ3v) is 8.38. The van der Waals surface area contributed by atoms with Gasteiger partial charge in [-0.15, -0.1) is 0 Å². The fraction of sp³-hybridized carbons (Fsp3) is 0.850. The van der Waals surface area contributed by atoms with Crippen LogP contribution < -0.4 is 5.73 Å². The third-order valence-electron chi connectivity index (χ3n) is 5.70. The van der Waals surface area contributed by atoms with Gasteiger partial charge in [-0.25, -0.2) is 4.79 Å². The number of likely N-dealkylation sites (tertiary alicyclic amines) is 1. The highest BCUT2D eigenvalue weighted by Crippen LogP contribution is 2.35. The molecule has 0 aromatic heterocycles. The molecule has 29 heavy (non-hydrogen) atoms. The van der Waals surface area contributed by atoms with E-state index in [4.69, 9.17) is 10.5 Å². The molecule has 0 aromatic carbocycles. The molecule has 1 saturated carbocycles. The average Bonchev–Trinajstić information content (AvgIpc) is 3.34. The number of Topliss-reactive ketones (excluding diaryl/α,β-unsaturated/α-hetero) is 1. The number of carboxylic acids is 1. The first-order chi connectivity index (χ1) is 13.8. The Morgan fingerprint density at radius 2 is 1.93 bits per heavy atom. The Labute approximate surface area is 181 Å². The van der Waals surface area contributed by atoms with E-state index in [0.29, 0.717) is 18.7 Å². The van der Waals surface area contributed by atoms with Crippen molar-refractivity contribution in [3.05, 3.63) is 0 Å². The number of carbonyl (C=O) groups is 3. The molecule has 2 fully saturated rings. The maximum atomic E-state index is 12.8. The quantitative estimate of drug-likeness (QED) is 0.265. The van der Waals surface area contributed by atoms with E-state index in [-0.39, 0.29) is 13.0 Å². The summed E-state index contributed by atoms with van der Waals surface area (Å²) in [5.41, 5.74) is 4.03. The molecule has 0 spiro atoms. The maximum absolute atomic E-state index is 12.8. The van der Waals surface area contributed by atoms with Gasteiger partial charge in [-0.3, -0.25) is 14.5 Å². The van der Waals surface area contributed by atoms with Gasteiger partial charge in [0.05, 0.1) is 12.6 Å². The van der Waals surface area contributed by atoms with E-state index in [9.17, 15) is 19.5 Å². The summed E-state index contributed by atoms with van der Waals surface area (Å²) in [7, 11) is 0. The minimum Gasteiger partial charge on any atom is -0.480 e. The molecule has 2 aliphatic rings. The Kier molecular flexibility index (Phi) is 9.78. The summed E-state index contributed by atoms with van der Waals surface area (Å²) in [4.78, 5) is 39.3. The SMILES string of the molecule is CCOC(=O)[C@H](CSCCSC1CCCC1)N1CCCC1(C(=O)O)C(=O)C(C)N. The average molecular weight is 447 g/mol. The van der Waals surface area contributed by atoms with Crippen LogP contribution in [0.5, 0.6) is 0 Å². The standard InChI is InChI=1S/C20H34N2O5S2/c1-3-27-18(24)16(13-28-11-12-29-15-7-4-5-8-15)22-10-6-9-20(22,19(25)26)17(23)14(2)21/h14-16H,3-13,21H2,1-2H3,(H,25,26)/t14?,16-,20?/m0/s1. The summed E-state index contributed by atoms with van der Waals surface area (Å²) in [6.07, 6.45) is 5.90. The van der Waals surface area contributed by atoms with Crippen molar-refractivity contribution in [1.29, 1.82) is 0 Å². The predicted octanol–water partition coefficient (Wildman–Crippen LogP) is 2.16. The molecule has 3 N–H and O–H groups in total. The van der Waals surface area contributed by atoms with Gasteiger partial charge in [-0.1, -0.05) is 12.8 Å². The minimum atomic E-state index is -1.75. The second-order valence-electron chi connectivity index (χ2n) is 7.74. The molecule has 2 rings (SSSR count). The topological polar surface area (TPSA) is 110 Å². The summed E-state index contributed by atoms with van der Waals surface area (Å²) in [6, 6.07) is -1.68. The molecule has 0 bridgehead atoms. The second-order valence-corrected chi connectivity index (χ2v) is 10.3. The van der Waals surface area contributed by atoms with Gasteiger partial charge in [-0.05, 0) is 39.5 Å². The molecule has 9 heteroatoms. The van der Waals surface area contributed by atoms with Crippen LogP contribution in [0.4, 0.5) is 0 Å². The molecule has 1 saturated heterocycles. The molecular formula is C20H34N2O5S2. The van der Waals surface area contributed by atoms with Gasteiger partial charge in [0.2, 0.25) is 0 Å². The molecule has 1 heterocycles. The van der Waals surface area contributed by atoms with Crippen LogP contribution >= 0.6 is 23.5 Å². The van der Waals surface area contributed by atoms with Gasteiger partial charge in [0.25, 0.3) is 0 Å². The number of aliphatic carboxylic acids is 1. The summed E-state index contributed by atoms with van der Waals surface area (Å²) < 4.78 is 5.23. The van der Waals surface area contributed by atoms with Crippen LogP contribution in [0.15, 0.2) is 0 Å². The summed E-state index contributed by atoms with van der Waals surface area (Å²) >= 11 is 3.60. The zero-order chi connectivity index (χ0) is 21.4. The first-order valence-electron chi connectivity index (χ1n) is 10.5. The van der Waals surface area contributed by atoms with Crippen LogP contribution in [0.3, 0.4) is 0 Å². The molecule has 0 radical (unpaired) electrons. The number of hydrogen-bond acceptors (Lipinski definition) is 8. The van der Waals surface area contributed by atoms with Gasteiger partial charge in [0, 0.05) is 29.1 Å². The maximum Gasteiger partial charge on any atom is 0.332 e. The molecule has 1 aliphatic heterocycles. The van der Waals surface area contributed by atoms with E-state index < -0.39 is 35.3 Å². The Bertz CT molecular complexity index is 583. The van der Waals surface area contributed by atoms with Gasteiger partial charge < -0.3 is 15.6 Å². The monoisotopic (exact) mass is 446 g/mol. The Hall–Kier alpha value is -0.770. The highest BCUT2D eigenvalue weighted by Gasteiger charge is 2.57. The predicted molar refractivity (Wildman–Crippen MR) is 117 cm³/mol. The second kappa shape index (κ2) is 11.6. The van der Waals surface area contributed by atoms with Crippen molar-refractivity contribution in [2.24, 2.45) is 5.73 Å². The fourth-order valence-electron chi connectivity index (χ4n) is 4.29. The van der Waals surface area contributed by atoms with Crippen molar-refractivity contribution < 1.29 is 24.2 Å². The van der Waals surface area contributed by atoms with E-state index >= 15 is 0 Å². The molecule has 166 valence electrons. The number of nitrogens with zero attached hydrogens (tertiary/aromatic N) is 1. The van der Waals surface area contributed by atoms with Crippen molar-refractivity contribution in [2.45, 2.75) is 75.2 Å². The largest absolute Gasteiger partial charge is 0.480 e. The molecule has 7 nitrogen and oxygen atoms in total. The lowest BCUT2D eigenvalue weighted by Gasteiger charge is -2.38. The number of rotatable bonds is 12. The van der Waals surface area contributed by atoms with Gasteiger partial charge in [0.1, 0.15) is 6.04 Å². The van der Waals surface area contributed by atoms with E-state index in [1.54, 1.807) is 18.7 Å². The van der Waals surface area contributed by atoms with Crippen molar-refractivity contribution in [3.63, 3.8) is 0 Å². The molecule has 0 aromatic rings. The lowest BCUT2D eigenvalue weighted by atomic mass is 9.86. The molecule has 2 unspecified atom stereocenters. The zero-order valence-corrected chi connectivity index (χ0v) is 19.1. The molecular weight excluding hydrogens is 412 g/mol. The smallest absolute Gasteiger partial charge is 0.332 e. The number of ether oxygens (including phenoxy) is 1. The third kappa shape index (κ3) is 5.89. The van der Waals surface area contributed by atoms with Crippen molar-refractivity contribution in [1.82, 2.24) is 4.90 Å². The first kappa shape index (κ1) is 24.5. The van der Waals surface area contributed by atoms with E-state index in [1.165, 1.54) is 37.5 Å². The zero-order valence-electron chi connectivity index (χ0n) is 17.4. The lowest BCUT2D eigenvalue weighted by molar-refractivity contribution is -0.162. The Morgan fingerprint density at radius 1 is 1.24 bits per heavy atom. The van der Waals surface area contributed by atoms with Crippen molar-refractivity contribution in [2.75, 3.05) is 30.4 Å². The van der Waals surface area contributed by atoms with E-state index in [0.717, 1.165) is 16.8 Å². The van der Waals surface area contributed by atoms with Crippen LogP contribution in [0, 0.1) is 0 Å².